The van der Waals surface area contributed by atoms with Crippen molar-refractivity contribution in [1.29, 1.82) is 0 Å². The number of alkyl halides is 3. The molecule has 1 aliphatic heterocycles. The molecular weight excluding hydrogens is 458 g/mol. The van der Waals surface area contributed by atoms with Gasteiger partial charge in [0.05, 0.1) is 17.2 Å². The van der Waals surface area contributed by atoms with Gasteiger partial charge in [-0.15, -0.1) is 13.2 Å². The molecule has 0 spiro atoms. The average molecular weight is 482 g/mol. The maximum atomic E-state index is 13.4. The first-order valence-electron chi connectivity index (χ1n) is 10.2. The Morgan fingerprint density at radius 2 is 1.88 bits per heavy atom. The van der Waals surface area contributed by atoms with Crippen molar-refractivity contribution in [3.63, 3.8) is 0 Å². The number of rotatable bonds is 7. The predicted molar refractivity (Wildman–Crippen MR) is 107 cm³/mol. The van der Waals surface area contributed by atoms with Gasteiger partial charge < -0.3 is 20.7 Å². The molecule has 1 heterocycles. The van der Waals surface area contributed by atoms with Crippen molar-refractivity contribution in [2.75, 3.05) is 13.2 Å². The summed E-state index contributed by atoms with van der Waals surface area (Å²) in [6.45, 7) is 0.0498. The number of hydrogen-bond donors (Lipinski definition) is 3. The lowest BCUT2D eigenvalue weighted by atomic mass is 9.99. The van der Waals surface area contributed by atoms with Crippen LogP contribution in [0.25, 0.3) is 0 Å². The van der Waals surface area contributed by atoms with Gasteiger partial charge in [-0.1, -0.05) is 11.6 Å². The molecule has 1 aromatic rings. The molecule has 0 unspecified atom stereocenters. The number of ether oxygens (including phenoxy) is 2. The lowest BCUT2D eigenvalue weighted by Gasteiger charge is -2.30. The van der Waals surface area contributed by atoms with Crippen molar-refractivity contribution in [1.82, 2.24) is 16.0 Å². The van der Waals surface area contributed by atoms with Crippen LogP contribution >= 0.6 is 11.6 Å². The fourth-order valence-electron chi connectivity index (χ4n) is 3.86. The number of carbonyl (C=O) groups is 2. The number of halogens is 5. The molecule has 1 saturated carbocycles. The molecule has 2 amide bonds. The van der Waals surface area contributed by atoms with Crippen LogP contribution in [0, 0.1) is 5.82 Å². The van der Waals surface area contributed by atoms with Crippen molar-refractivity contribution in [2.45, 2.75) is 62.7 Å². The summed E-state index contributed by atoms with van der Waals surface area (Å²) in [4.78, 5) is 24.5. The fourth-order valence-corrected chi connectivity index (χ4v) is 3.97. The molecule has 4 atom stereocenters. The smallest absolute Gasteiger partial charge is 0.484 e. The largest absolute Gasteiger partial charge is 0.522 e. The lowest BCUT2D eigenvalue weighted by Crippen LogP contribution is -2.55. The van der Waals surface area contributed by atoms with Gasteiger partial charge in [-0.3, -0.25) is 14.3 Å². The van der Waals surface area contributed by atoms with E-state index in [-0.39, 0.29) is 48.2 Å². The summed E-state index contributed by atoms with van der Waals surface area (Å²) in [7, 11) is 0. The Morgan fingerprint density at radius 3 is 2.53 bits per heavy atom. The number of piperidine rings is 1. The zero-order valence-electron chi connectivity index (χ0n) is 17.0. The van der Waals surface area contributed by atoms with E-state index in [1.807, 2.05) is 0 Å². The standard InChI is InChI=1S/C20H24ClF4N3O4/c21-15-5-4-13(8-16(15)22)31-10-18(29)27-12-2-6-17(26-9-12)19(30)28-11-1-3-14(7-11)32-20(23,24)25/h4-5,8,11-12,14,17,26H,1-3,6-7,9-10H2,(H,27,29)(H,28,30)/t11-,12-,14-,17+/m0/s1. The van der Waals surface area contributed by atoms with Gasteiger partial charge >= 0.3 is 6.36 Å². The van der Waals surface area contributed by atoms with Crippen LogP contribution in [0.1, 0.15) is 32.1 Å². The Morgan fingerprint density at radius 1 is 1.12 bits per heavy atom. The van der Waals surface area contributed by atoms with Crippen molar-refractivity contribution < 1.29 is 36.6 Å². The highest BCUT2D eigenvalue weighted by atomic mass is 35.5. The van der Waals surface area contributed by atoms with Crippen molar-refractivity contribution >= 4 is 23.4 Å². The van der Waals surface area contributed by atoms with Gasteiger partial charge in [-0.25, -0.2) is 4.39 Å². The molecule has 1 saturated heterocycles. The number of amides is 2. The van der Waals surface area contributed by atoms with Gasteiger partial charge in [0.15, 0.2) is 6.61 Å². The monoisotopic (exact) mass is 481 g/mol. The van der Waals surface area contributed by atoms with Gasteiger partial charge in [0, 0.05) is 24.7 Å². The second-order valence-electron chi connectivity index (χ2n) is 7.87. The molecular formula is C20H24ClF4N3O4. The summed E-state index contributed by atoms with van der Waals surface area (Å²) in [5, 5.41) is 8.54. The second-order valence-corrected chi connectivity index (χ2v) is 8.28. The van der Waals surface area contributed by atoms with Crippen LogP contribution in [0.15, 0.2) is 18.2 Å². The average Bonchev–Trinajstić information content (AvgIpc) is 3.14. The van der Waals surface area contributed by atoms with Crippen molar-refractivity contribution in [2.24, 2.45) is 0 Å². The lowest BCUT2D eigenvalue weighted by molar-refractivity contribution is -0.341. The highest BCUT2D eigenvalue weighted by molar-refractivity contribution is 6.30. The van der Waals surface area contributed by atoms with Crippen LogP contribution in [0.5, 0.6) is 5.75 Å². The third kappa shape index (κ3) is 7.49. The van der Waals surface area contributed by atoms with E-state index >= 15 is 0 Å². The normalized spacial score (nSPS) is 25.9. The second kappa shape index (κ2) is 10.7. The Labute approximate surface area is 187 Å². The minimum Gasteiger partial charge on any atom is -0.484 e. The van der Waals surface area contributed by atoms with Crippen molar-refractivity contribution in [3.8, 4) is 5.75 Å². The van der Waals surface area contributed by atoms with Crippen LogP contribution in [0.3, 0.4) is 0 Å². The van der Waals surface area contributed by atoms with E-state index in [0.29, 0.717) is 25.8 Å². The zero-order valence-corrected chi connectivity index (χ0v) is 17.8. The van der Waals surface area contributed by atoms with E-state index in [1.165, 1.54) is 12.1 Å². The predicted octanol–water partition coefficient (Wildman–Crippen LogP) is 2.67. The van der Waals surface area contributed by atoms with E-state index in [1.54, 1.807) is 0 Å². The molecule has 0 radical (unpaired) electrons. The van der Waals surface area contributed by atoms with E-state index < -0.39 is 30.2 Å². The number of benzene rings is 1. The highest BCUT2D eigenvalue weighted by Crippen LogP contribution is 2.29. The first-order chi connectivity index (χ1) is 15.1. The van der Waals surface area contributed by atoms with Gasteiger partial charge in [0.2, 0.25) is 5.91 Å². The zero-order chi connectivity index (χ0) is 23.3. The Hall–Kier alpha value is -2.11. The third-order valence-corrected chi connectivity index (χ3v) is 5.69. The van der Waals surface area contributed by atoms with Crippen LogP contribution in [0.4, 0.5) is 17.6 Å². The Balaban J connectivity index is 1.34. The summed E-state index contributed by atoms with van der Waals surface area (Å²) in [5.41, 5.74) is 0. The van der Waals surface area contributed by atoms with E-state index in [9.17, 15) is 27.2 Å². The van der Waals surface area contributed by atoms with Gasteiger partial charge in [-0.05, 0) is 44.2 Å². The Kier molecular flexibility index (Phi) is 8.18. The van der Waals surface area contributed by atoms with Crippen LogP contribution < -0.4 is 20.7 Å². The molecule has 2 fully saturated rings. The summed E-state index contributed by atoms with van der Waals surface area (Å²) < 4.78 is 59.6. The topological polar surface area (TPSA) is 88.7 Å². The van der Waals surface area contributed by atoms with Crippen LogP contribution in [-0.4, -0.2) is 55.6 Å². The molecule has 12 heteroatoms. The molecule has 0 bridgehead atoms. The molecule has 3 rings (SSSR count). The van der Waals surface area contributed by atoms with Gasteiger partial charge in [0.25, 0.3) is 5.91 Å². The SMILES string of the molecule is O=C(COc1ccc(Cl)c(F)c1)N[C@H]1CC[C@H](C(=O)N[C@H]2CC[C@H](OC(F)(F)F)C2)NC1. The molecule has 7 nitrogen and oxygen atoms in total. The summed E-state index contributed by atoms with van der Waals surface area (Å²) in [6, 6.07) is 2.81. The number of carbonyl (C=O) groups excluding carboxylic acids is 2. The summed E-state index contributed by atoms with van der Waals surface area (Å²) in [5.74, 6) is -1.14. The van der Waals surface area contributed by atoms with Crippen LogP contribution in [-0.2, 0) is 14.3 Å². The molecule has 1 aromatic carbocycles. The highest BCUT2D eigenvalue weighted by Gasteiger charge is 2.38. The molecule has 1 aliphatic carbocycles. The molecule has 2 aliphatic rings. The quantitative estimate of drug-likeness (QED) is 0.521. The minimum absolute atomic E-state index is 0.0453. The molecule has 0 aromatic heterocycles. The Bertz CT molecular complexity index is 819. The van der Waals surface area contributed by atoms with E-state index in [4.69, 9.17) is 16.3 Å². The summed E-state index contributed by atoms with van der Waals surface area (Å²) in [6.07, 6.45) is -3.84. The first-order valence-corrected chi connectivity index (χ1v) is 10.6. The maximum absolute atomic E-state index is 13.4. The van der Waals surface area contributed by atoms with E-state index in [0.717, 1.165) is 6.07 Å². The molecule has 32 heavy (non-hydrogen) atoms. The fraction of sp³-hybridized carbons (Fsp3) is 0.600. The third-order valence-electron chi connectivity index (χ3n) is 5.39. The molecule has 3 N–H and O–H groups in total. The number of hydrogen-bond acceptors (Lipinski definition) is 5. The molecule has 178 valence electrons. The van der Waals surface area contributed by atoms with Gasteiger partial charge in [-0.2, -0.15) is 0 Å². The van der Waals surface area contributed by atoms with Crippen LogP contribution in [0.2, 0.25) is 5.02 Å². The van der Waals surface area contributed by atoms with E-state index in [2.05, 4.69) is 20.7 Å². The number of nitrogens with one attached hydrogen (secondary N) is 3. The maximum Gasteiger partial charge on any atom is 0.522 e. The van der Waals surface area contributed by atoms with Gasteiger partial charge in [0.1, 0.15) is 11.6 Å². The van der Waals surface area contributed by atoms with Crippen molar-refractivity contribution in [3.05, 3.63) is 29.0 Å². The first kappa shape index (κ1) is 24.5. The summed E-state index contributed by atoms with van der Waals surface area (Å²) >= 11 is 5.59. The minimum atomic E-state index is -4.68.